The monoisotopic (exact) mass is 548 g/mol. The Kier molecular flexibility index (Phi) is 8.79. The lowest BCUT2D eigenvalue weighted by atomic mass is 10.2. The molecule has 37 heavy (non-hydrogen) atoms. The Morgan fingerprint density at radius 2 is 1.86 bits per heavy atom. The van der Waals surface area contributed by atoms with Gasteiger partial charge in [-0.2, -0.15) is 4.31 Å². The third kappa shape index (κ3) is 5.79. The number of amides is 1. The molecule has 2 aromatic carbocycles. The van der Waals surface area contributed by atoms with E-state index in [2.05, 4.69) is 18.7 Å². The van der Waals surface area contributed by atoms with E-state index in [-0.39, 0.29) is 17.3 Å². The van der Waals surface area contributed by atoms with Crippen molar-refractivity contribution >= 4 is 42.6 Å². The summed E-state index contributed by atoms with van der Waals surface area (Å²) in [6, 6.07) is 9.55. The Bertz CT molecular complexity index is 1330. The number of ether oxygens (including phenoxy) is 1. The van der Waals surface area contributed by atoms with Crippen LogP contribution in [0, 0.1) is 5.82 Å². The van der Waals surface area contributed by atoms with Crippen molar-refractivity contribution in [1.82, 2.24) is 14.2 Å². The number of halogens is 1. The highest BCUT2D eigenvalue weighted by Gasteiger charge is 2.42. The fourth-order valence-corrected chi connectivity index (χ4v) is 7.24. The zero-order valence-corrected chi connectivity index (χ0v) is 23.0. The zero-order chi connectivity index (χ0) is 26.6. The number of carbonyl (C=O) groups is 1. The number of hydrogen-bond acceptors (Lipinski definition) is 7. The van der Waals surface area contributed by atoms with Gasteiger partial charge >= 0.3 is 0 Å². The number of benzene rings is 2. The maximum Gasteiger partial charge on any atom is 0.247 e. The van der Waals surface area contributed by atoms with E-state index in [4.69, 9.17) is 9.72 Å². The molecule has 8 nitrogen and oxygen atoms in total. The molecule has 1 fully saturated rings. The first kappa shape index (κ1) is 27.4. The topological polar surface area (TPSA) is 83.0 Å². The summed E-state index contributed by atoms with van der Waals surface area (Å²) in [6.45, 7) is 9.44. The van der Waals surface area contributed by atoms with E-state index in [1.165, 1.54) is 27.8 Å². The standard InChI is InChI=1S/C26H33FN4O4S2/c1-4-29(5-2)17-18-30(26-28-24-22(35-6-3)10-7-11-23(24)36-26)25(32)21-9-8-16-31(21)37(33,34)20-14-12-19(27)13-15-20/h7,10-15,21H,4-6,8-9,16-18H2,1-3H3. The molecular weight excluding hydrogens is 515 g/mol. The maximum absolute atomic E-state index is 14.0. The SMILES string of the molecule is CCOc1cccc2sc(N(CCN(CC)CC)C(=O)C3CCCN3S(=O)(=O)c3ccc(F)cc3)nc12. The lowest BCUT2D eigenvalue weighted by Gasteiger charge is -2.30. The van der Waals surface area contributed by atoms with Crippen molar-refractivity contribution in [1.29, 1.82) is 0 Å². The highest BCUT2D eigenvalue weighted by Crippen LogP contribution is 2.36. The number of likely N-dealkylation sites (N-methyl/N-ethyl adjacent to an activating group) is 1. The van der Waals surface area contributed by atoms with E-state index >= 15 is 0 Å². The number of fused-ring (bicyclic) bond motifs is 1. The van der Waals surface area contributed by atoms with Gasteiger partial charge in [0.25, 0.3) is 0 Å². The summed E-state index contributed by atoms with van der Waals surface area (Å²) in [5.41, 5.74) is 0.687. The van der Waals surface area contributed by atoms with Gasteiger partial charge in [-0.15, -0.1) is 0 Å². The number of anilines is 1. The molecule has 0 bridgehead atoms. The minimum Gasteiger partial charge on any atom is -0.492 e. The number of aromatic nitrogens is 1. The largest absolute Gasteiger partial charge is 0.492 e. The van der Waals surface area contributed by atoms with Crippen LogP contribution in [0.5, 0.6) is 5.75 Å². The Hall–Kier alpha value is -2.60. The third-order valence-electron chi connectivity index (χ3n) is 6.61. The molecule has 3 aromatic rings. The fourth-order valence-electron chi connectivity index (χ4n) is 4.58. The van der Waals surface area contributed by atoms with Gasteiger partial charge in [0.1, 0.15) is 23.1 Å². The first-order valence-electron chi connectivity index (χ1n) is 12.6. The maximum atomic E-state index is 14.0. The van der Waals surface area contributed by atoms with E-state index in [0.29, 0.717) is 48.9 Å². The molecule has 1 aromatic heterocycles. The smallest absolute Gasteiger partial charge is 0.247 e. The molecule has 1 unspecified atom stereocenters. The summed E-state index contributed by atoms with van der Waals surface area (Å²) in [7, 11) is -3.97. The number of thiazole rings is 1. The molecule has 0 aliphatic carbocycles. The van der Waals surface area contributed by atoms with E-state index < -0.39 is 21.9 Å². The molecule has 11 heteroatoms. The van der Waals surface area contributed by atoms with Crippen LogP contribution < -0.4 is 9.64 Å². The van der Waals surface area contributed by atoms with Gasteiger partial charge in [-0.3, -0.25) is 9.69 Å². The average Bonchev–Trinajstić information content (AvgIpc) is 3.55. The Morgan fingerprint density at radius 1 is 1.14 bits per heavy atom. The molecule has 200 valence electrons. The minimum atomic E-state index is -3.97. The molecule has 1 amide bonds. The number of rotatable bonds is 11. The Morgan fingerprint density at radius 3 is 2.54 bits per heavy atom. The summed E-state index contributed by atoms with van der Waals surface area (Å²) in [5.74, 6) is -0.162. The first-order valence-corrected chi connectivity index (χ1v) is 14.9. The van der Waals surface area contributed by atoms with Crippen LogP contribution in [0.1, 0.15) is 33.6 Å². The normalized spacial score (nSPS) is 16.5. The molecule has 0 spiro atoms. The summed E-state index contributed by atoms with van der Waals surface area (Å²) in [4.78, 5) is 22.6. The van der Waals surface area contributed by atoms with Gasteiger partial charge < -0.3 is 9.64 Å². The molecule has 0 N–H and O–H groups in total. The van der Waals surface area contributed by atoms with Crippen LogP contribution >= 0.6 is 11.3 Å². The van der Waals surface area contributed by atoms with Crippen LogP contribution in [0.15, 0.2) is 47.4 Å². The lowest BCUT2D eigenvalue weighted by molar-refractivity contribution is -0.121. The molecule has 0 radical (unpaired) electrons. The number of hydrogen-bond donors (Lipinski definition) is 0. The van der Waals surface area contributed by atoms with Gasteiger partial charge in [0.05, 0.1) is 16.2 Å². The van der Waals surface area contributed by atoms with Crippen molar-refractivity contribution < 1.29 is 22.3 Å². The summed E-state index contributed by atoms with van der Waals surface area (Å²) >= 11 is 1.39. The van der Waals surface area contributed by atoms with E-state index in [1.54, 1.807) is 4.90 Å². The highest BCUT2D eigenvalue weighted by molar-refractivity contribution is 7.89. The molecule has 4 rings (SSSR count). The summed E-state index contributed by atoms with van der Waals surface area (Å²) < 4.78 is 48.2. The van der Waals surface area contributed by atoms with Crippen molar-refractivity contribution in [3.05, 3.63) is 48.3 Å². The predicted molar refractivity (Wildman–Crippen MR) is 144 cm³/mol. The van der Waals surface area contributed by atoms with Gasteiger partial charge in [-0.05, 0) is 69.3 Å². The Balaban J connectivity index is 1.69. The number of para-hydroxylation sites is 1. The number of sulfonamides is 1. The molecule has 0 saturated carbocycles. The van der Waals surface area contributed by atoms with Gasteiger partial charge in [-0.1, -0.05) is 31.3 Å². The second kappa shape index (κ2) is 11.8. The van der Waals surface area contributed by atoms with Crippen molar-refractivity contribution in [2.75, 3.05) is 44.2 Å². The first-order chi connectivity index (χ1) is 17.8. The van der Waals surface area contributed by atoms with Crippen molar-refractivity contribution in [2.24, 2.45) is 0 Å². The predicted octanol–water partition coefficient (Wildman–Crippen LogP) is 4.36. The third-order valence-corrected chi connectivity index (χ3v) is 9.58. The van der Waals surface area contributed by atoms with Gasteiger partial charge in [0, 0.05) is 19.6 Å². The Labute approximate surface area is 221 Å². The zero-order valence-electron chi connectivity index (χ0n) is 21.4. The van der Waals surface area contributed by atoms with Crippen LogP contribution in [-0.2, 0) is 14.8 Å². The van der Waals surface area contributed by atoms with Gasteiger partial charge in [-0.25, -0.2) is 17.8 Å². The molecule has 1 saturated heterocycles. The minimum absolute atomic E-state index is 0.0235. The van der Waals surface area contributed by atoms with Crippen molar-refractivity contribution in [2.45, 2.75) is 44.6 Å². The van der Waals surface area contributed by atoms with Crippen molar-refractivity contribution in [3.8, 4) is 5.75 Å². The summed E-state index contributed by atoms with van der Waals surface area (Å²) in [6.07, 6.45) is 0.977. The van der Waals surface area contributed by atoms with Crippen molar-refractivity contribution in [3.63, 3.8) is 0 Å². The molecule has 1 atom stereocenters. The van der Waals surface area contributed by atoms with E-state index in [0.717, 1.165) is 29.9 Å². The molecular formula is C26H33FN4O4S2. The van der Waals surface area contributed by atoms with Crippen LogP contribution in [0.25, 0.3) is 10.2 Å². The quantitative estimate of drug-likeness (QED) is 0.354. The number of nitrogens with zero attached hydrogens (tertiary/aromatic N) is 4. The number of carbonyl (C=O) groups excluding carboxylic acids is 1. The van der Waals surface area contributed by atoms with E-state index in [9.17, 15) is 17.6 Å². The van der Waals surface area contributed by atoms with Gasteiger partial charge in [0.2, 0.25) is 15.9 Å². The van der Waals surface area contributed by atoms with Crippen LogP contribution in [0.2, 0.25) is 0 Å². The highest BCUT2D eigenvalue weighted by atomic mass is 32.2. The fraction of sp³-hybridized carbons (Fsp3) is 0.462. The molecule has 1 aliphatic heterocycles. The van der Waals surface area contributed by atoms with E-state index in [1.807, 2.05) is 25.1 Å². The second-order valence-corrected chi connectivity index (χ2v) is 11.7. The average molecular weight is 549 g/mol. The van der Waals surface area contributed by atoms with Crippen LogP contribution in [-0.4, -0.2) is 73.9 Å². The second-order valence-electron chi connectivity index (χ2n) is 8.78. The van der Waals surface area contributed by atoms with Gasteiger partial charge in [0.15, 0.2) is 5.13 Å². The van der Waals surface area contributed by atoms with Crippen LogP contribution in [0.3, 0.4) is 0 Å². The molecule has 2 heterocycles. The lowest BCUT2D eigenvalue weighted by Crippen LogP contribution is -2.49. The molecule has 1 aliphatic rings. The summed E-state index contributed by atoms with van der Waals surface area (Å²) in [5, 5.41) is 0.519. The van der Waals surface area contributed by atoms with Crippen LogP contribution in [0.4, 0.5) is 9.52 Å².